The fourth-order valence-electron chi connectivity index (χ4n) is 4.48. The maximum absolute atomic E-state index is 7.31. The third-order valence-corrected chi connectivity index (χ3v) is 8.31. The van der Waals surface area contributed by atoms with E-state index in [9.17, 15) is 0 Å². The van der Waals surface area contributed by atoms with E-state index in [1.54, 1.807) is 0 Å². The third kappa shape index (κ3) is 3.23. The highest BCUT2D eigenvalue weighted by Crippen LogP contribution is 2.50. The van der Waals surface area contributed by atoms with Gasteiger partial charge in [0, 0.05) is 15.5 Å². The first kappa shape index (κ1) is 18.1. The topological polar surface area (TPSA) is 45.0 Å². The molecule has 144 valence electrons. The van der Waals surface area contributed by atoms with Crippen molar-refractivity contribution in [1.82, 2.24) is 4.72 Å². The summed E-state index contributed by atoms with van der Waals surface area (Å²) in [5.74, 6) is 1.08. The average molecular weight is 419 g/mol. The number of rotatable bonds is 3. The van der Waals surface area contributed by atoms with Gasteiger partial charge in [0.25, 0.3) is 0 Å². The predicted octanol–water partition coefficient (Wildman–Crippen LogP) is 4.41. The van der Waals surface area contributed by atoms with Gasteiger partial charge in [-0.3, -0.25) is 4.99 Å². The summed E-state index contributed by atoms with van der Waals surface area (Å²) in [6.45, 7) is 8.86. The van der Waals surface area contributed by atoms with Crippen LogP contribution in [-0.4, -0.2) is 42.8 Å². The first-order valence-corrected chi connectivity index (χ1v) is 11.9. The minimum absolute atomic E-state index is 0.123. The fraction of sp³-hybridized carbons (Fsp3) is 0.400. The molecule has 2 aromatic rings. The van der Waals surface area contributed by atoms with Gasteiger partial charge >= 0.3 is 14.1 Å². The summed E-state index contributed by atoms with van der Waals surface area (Å²) < 4.78 is 13.4. The molecule has 6 rings (SSSR count). The lowest BCUT2D eigenvalue weighted by atomic mass is 9.76. The molecule has 1 atom stereocenters. The molecule has 0 radical (unpaired) electrons. The van der Waals surface area contributed by atoms with E-state index in [0.29, 0.717) is 5.69 Å². The van der Waals surface area contributed by atoms with Crippen molar-refractivity contribution in [3.63, 3.8) is 0 Å². The van der Waals surface area contributed by atoms with Gasteiger partial charge in [0.1, 0.15) is 5.17 Å². The number of fused-ring (bicyclic) bond motifs is 2. The van der Waals surface area contributed by atoms with Crippen LogP contribution in [0, 0.1) is 6.57 Å². The lowest BCUT2D eigenvalue weighted by Crippen LogP contribution is -2.44. The number of benzene rings is 1. The van der Waals surface area contributed by atoms with Crippen molar-refractivity contribution >= 4 is 48.1 Å². The van der Waals surface area contributed by atoms with Crippen LogP contribution in [0.4, 0.5) is 5.69 Å². The van der Waals surface area contributed by atoms with Gasteiger partial charge in [0.05, 0.1) is 25.1 Å². The first-order valence-electron chi connectivity index (χ1n) is 10.1. The summed E-state index contributed by atoms with van der Waals surface area (Å²) in [5.41, 5.74) is 3.12. The van der Waals surface area contributed by atoms with Crippen LogP contribution in [-0.2, 0) is 21.3 Å². The lowest BCUT2D eigenvalue weighted by Gasteiger charge is -2.39. The molecule has 0 amide bonds. The molecule has 9 heteroatoms. The number of aryl methyl sites for hydroxylation is 1. The Morgan fingerprint density at radius 2 is 2.00 bits per heavy atom. The van der Waals surface area contributed by atoms with Crippen LogP contribution in [0.2, 0.25) is 0 Å². The van der Waals surface area contributed by atoms with Gasteiger partial charge in [-0.15, -0.1) is 11.3 Å². The van der Waals surface area contributed by atoms with Gasteiger partial charge in [0.15, 0.2) is 5.69 Å². The summed E-state index contributed by atoms with van der Waals surface area (Å²) in [6, 6.07) is 10.3. The Morgan fingerprint density at radius 1 is 1.17 bits per heavy atom. The summed E-state index contributed by atoms with van der Waals surface area (Å²) in [5, 5.41) is 1.09. The quantitative estimate of drug-likeness (QED) is 0.420. The summed E-state index contributed by atoms with van der Waals surface area (Å²) in [4.78, 5) is 11.7. The first-order chi connectivity index (χ1) is 14.3. The smallest absolute Gasteiger partial charge is 0.418 e. The summed E-state index contributed by atoms with van der Waals surface area (Å²) >= 11 is 3.72. The highest BCUT2D eigenvalue weighted by atomic mass is 32.2. The highest BCUT2D eigenvalue weighted by molar-refractivity contribution is 8.14. The number of thioether (sulfide) groups is 1. The van der Waals surface area contributed by atoms with Gasteiger partial charge in [-0.2, -0.15) is 0 Å². The Bertz CT molecular complexity index is 1030. The van der Waals surface area contributed by atoms with Crippen LogP contribution in [0.5, 0.6) is 0 Å². The molecule has 3 aliphatic heterocycles. The lowest BCUT2D eigenvalue weighted by molar-refractivity contribution is 0.365. The Balaban J connectivity index is 1.40. The van der Waals surface area contributed by atoms with Gasteiger partial charge in [-0.1, -0.05) is 30.0 Å². The molecule has 0 bridgehead atoms. The van der Waals surface area contributed by atoms with Gasteiger partial charge < -0.3 is 14.0 Å². The molecular formula is C20H19B2N3O2S2. The molecule has 5 nitrogen and oxygen atoms in total. The van der Waals surface area contributed by atoms with Crippen molar-refractivity contribution in [3.8, 4) is 10.4 Å². The summed E-state index contributed by atoms with van der Waals surface area (Å²) in [6.07, 6.45) is 4.49. The third-order valence-electron chi connectivity index (χ3n) is 6.09. The molecule has 2 fully saturated rings. The van der Waals surface area contributed by atoms with E-state index in [1.807, 2.05) is 41.3 Å². The van der Waals surface area contributed by atoms with Crippen LogP contribution in [0.3, 0.4) is 0 Å². The van der Waals surface area contributed by atoms with Crippen LogP contribution >= 0.6 is 23.1 Å². The van der Waals surface area contributed by atoms with E-state index in [0.717, 1.165) is 48.8 Å². The zero-order valence-corrected chi connectivity index (χ0v) is 17.6. The number of thiophene rings is 1. The Morgan fingerprint density at radius 3 is 2.76 bits per heavy atom. The van der Waals surface area contributed by atoms with E-state index >= 15 is 0 Å². The van der Waals surface area contributed by atoms with Crippen molar-refractivity contribution in [3.05, 3.63) is 52.2 Å². The number of aliphatic imine (C=N–C) groups is 1. The molecule has 4 heterocycles. The SMILES string of the molecule is [C-]#[N+]c1cccc(-c2cc3c(s2)CCCC32CCSC(N(B3CO3)B3CO3)=N2)c1. The van der Waals surface area contributed by atoms with Gasteiger partial charge in [-0.25, -0.2) is 4.85 Å². The van der Waals surface area contributed by atoms with E-state index in [2.05, 4.69) is 21.7 Å². The largest absolute Gasteiger partial charge is 0.431 e. The summed E-state index contributed by atoms with van der Waals surface area (Å²) in [7, 11) is 0.280. The Hall–Kier alpha value is -1.72. The van der Waals surface area contributed by atoms with Crippen molar-refractivity contribution in [1.29, 1.82) is 0 Å². The zero-order chi connectivity index (χ0) is 19.4. The van der Waals surface area contributed by atoms with Crippen molar-refractivity contribution in [2.75, 3.05) is 18.8 Å². The van der Waals surface area contributed by atoms with Crippen LogP contribution in [0.25, 0.3) is 15.3 Å². The maximum Gasteiger partial charge on any atom is 0.431 e. The number of hydrogen-bond donors (Lipinski definition) is 0. The zero-order valence-electron chi connectivity index (χ0n) is 16.0. The van der Waals surface area contributed by atoms with Crippen LogP contribution in [0.1, 0.15) is 29.7 Å². The molecule has 1 spiro atoms. The Labute approximate surface area is 179 Å². The second kappa shape index (κ2) is 6.92. The average Bonchev–Trinajstić information content (AvgIpc) is 3.69. The molecule has 29 heavy (non-hydrogen) atoms. The van der Waals surface area contributed by atoms with Gasteiger partial charge in [0.2, 0.25) is 0 Å². The molecule has 0 saturated carbocycles. The molecule has 1 aliphatic carbocycles. The molecule has 0 N–H and O–H groups in total. The van der Waals surface area contributed by atoms with Crippen LogP contribution < -0.4 is 0 Å². The number of nitrogens with zero attached hydrogens (tertiary/aromatic N) is 3. The van der Waals surface area contributed by atoms with E-state index in [1.165, 1.54) is 21.7 Å². The number of amidine groups is 1. The Kier molecular flexibility index (Phi) is 4.31. The van der Waals surface area contributed by atoms with Crippen LogP contribution in [0.15, 0.2) is 35.3 Å². The minimum Gasteiger partial charge on any atom is -0.418 e. The highest BCUT2D eigenvalue weighted by Gasteiger charge is 2.53. The molecule has 1 aromatic carbocycles. The molecule has 4 aliphatic rings. The molecular weight excluding hydrogens is 400 g/mol. The van der Waals surface area contributed by atoms with Crippen molar-refractivity contribution < 1.29 is 9.31 Å². The predicted molar refractivity (Wildman–Crippen MR) is 120 cm³/mol. The maximum atomic E-state index is 7.31. The second-order valence-corrected chi connectivity index (χ2v) is 10.2. The monoisotopic (exact) mass is 419 g/mol. The fourth-order valence-corrected chi connectivity index (χ4v) is 7.02. The molecule has 1 aromatic heterocycles. The number of hydrogen-bond acceptors (Lipinski definition) is 6. The molecule has 2 saturated heterocycles. The van der Waals surface area contributed by atoms with E-state index in [-0.39, 0.29) is 19.6 Å². The standard InChI is InChI=1S/C20H19B2N3O2S2/c1-23-15-5-2-4-14(10-15)18-11-16-17(29-18)6-3-7-20(16)8-9-28-19(24-20)25(21-12-26-21)22-13-27-22/h2,4-5,10-11H,3,6-9,12-13H2. The minimum atomic E-state index is -0.123. The van der Waals surface area contributed by atoms with E-state index < -0.39 is 0 Å². The normalized spacial score (nSPS) is 24.7. The molecule has 1 unspecified atom stereocenters. The van der Waals surface area contributed by atoms with Gasteiger partial charge in [-0.05, 0) is 48.9 Å². The van der Waals surface area contributed by atoms with Crippen molar-refractivity contribution in [2.24, 2.45) is 4.99 Å². The second-order valence-electron chi connectivity index (χ2n) is 7.97. The van der Waals surface area contributed by atoms with E-state index in [4.69, 9.17) is 20.9 Å². The van der Waals surface area contributed by atoms with Crippen molar-refractivity contribution in [2.45, 2.75) is 31.2 Å².